The number of hydrogen-bond donors (Lipinski definition) is 1. The molecule has 1 aromatic rings. The zero-order chi connectivity index (χ0) is 15.7. The predicted molar refractivity (Wildman–Crippen MR) is 83.6 cm³/mol. The van der Waals surface area contributed by atoms with Crippen molar-refractivity contribution in [3.8, 4) is 0 Å². The molecular weight excluding hydrogens is 278 g/mol. The number of likely N-dealkylation sites (tertiary alicyclic amines) is 1. The molecule has 0 radical (unpaired) electrons. The molecule has 3 rings (SSSR count). The number of benzene rings is 1. The molecule has 1 saturated carbocycles. The number of nitrogens with zero attached hydrogens (tertiary/aromatic N) is 1. The Labute approximate surface area is 131 Å². The smallest absolute Gasteiger partial charge is 0.306 e. The van der Waals surface area contributed by atoms with E-state index in [4.69, 9.17) is 5.11 Å². The van der Waals surface area contributed by atoms with Crippen LogP contribution < -0.4 is 0 Å². The molecule has 1 amide bonds. The van der Waals surface area contributed by atoms with Crippen LogP contribution in [0.5, 0.6) is 0 Å². The van der Waals surface area contributed by atoms with E-state index in [1.165, 1.54) is 5.56 Å². The number of hydrogen-bond acceptors (Lipinski definition) is 2. The highest BCUT2D eigenvalue weighted by atomic mass is 16.4. The van der Waals surface area contributed by atoms with Crippen molar-refractivity contribution in [3.05, 3.63) is 35.4 Å². The maximum Gasteiger partial charge on any atom is 0.306 e. The van der Waals surface area contributed by atoms with Crippen LogP contribution in [0.1, 0.15) is 43.2 Å². The van der Waals surface area contributed by atoms with E-state index in [-0.39, 0.29) is 17.2 Å². The molecule has 1 aliphatic carbocycles. The van der Waals surface area contributed by atoms with Crippen LogP contribution in [0, 0.1) is 12.8 Å². The summed E-state index contributed by atoms with van der Waals surface area (Å²) >= 11 is 0. The lowest BCUT2D eigenvalue weighted by Gasteiger charge is -2.46. The Bertz CT molecular complexity index is 584. The van der Waals surface area contributed by atoms with Gasteiger partial charge in [0, 0.05) is 13.1 Å². The topological polar surface area (TPSA) is 57.6 Å². The molecule has 1 aromatic carbocycles. The Kier molecular flexibility index (Phi) is 3.94. The van der Waals surface area contributed by atoms with E-state index in [1.54, 1.807) is 0 Å². The summed E-state index contributed by atoms with van der Waals surface area (Å²) in [5.41, 5.74) is 1.98. The first kappa shape index (κ1) is 15.1. The summed E-state index contributed by atoms with van der Waals surface area (Å²) in [4.78, 5) is 26.1. The van der Waals surface area contributed by atoms with E-state index < -0.39 is 5.97 Å². The third-order valence-corrected chi connectivity index (χ3v) is 5.41. The molecule has 2 fully saturated rings. The van der Waals surface area contributed by atoms with Gasteiger partial charge >= 0.3 is 5.97 Å². The van der Waals surface area contributed by atoms with Crippen LogP contribution in [0.2, 0.25) is 0 Å². The Morgan fingerprint density at radius 1 is 1.18 bits per heavy atom. The van der Waals surface area contributed by atoms with Crippen molar-refractivity contribution in [1.82, 2.24) is 4.90 Å². The number of piperidine rings is 1. The molecule has 22 heavy (non-hydrogen) atoms. The molecule has 1 heterocycles. The maximum atomic E-state index is 13.1. The van der Waals surface area contributed by atoms with Crippen molar-refractivity contribution < 1.29 is 14.7 Å². The van der Waals surface area contributed by atoms with E-state index in [2.05, 4.69) is 19.1 Å². The van der Waals surface area contributed by atoms with Crippen molar-refractivity contribution in [2.75, 3.05) is 13.1 Å². The van der Waals surface area contributed by atoms with Gasteiger partial charge in [-0.2, -0.15) is 0 Å². The van der Waals surface area contributed by atoms with Gasteiger partial charge in [-0.3, -0.25) is 9.59 Å². The quantitative estimate of drug-likeness (QED) is 0.934. The number of aryl methyl sites for hydroxylation is 1. The summed E-state index contributed by atoms with van der Waals surface area (Å²) < 4.78 is 0. The highest BCUT2D eigenvalue weighted by Gasteiger charge is 2.48. The molecule has 1 saturated heterocycles. The molecular formula is C18H23NO3. The number of carboxylic acids is 1. The lowest BCUT2D eigenvalue weighted by atomic mass is 9.62. The van der Waals surface area contributed by atoms with Gasteiger partial charge in [-0.1, -0.05) is 30.7 Å². The van der Waals surface area contributed by atoms with Gasteiger partial charge < -0.3 is 10.0 Å². The van der Waals surface area contributed by atoms with Crippen LogP contribution in [0.4, 0.5) is 0 Å². The van der Waals surface area contributed by atoms with Crippen LogP contribution in [0.3, 0.4) is 0 Å². The second-order valence-electron chi connectivity index (χ2n) is 6.66. The van der Waals surface area contributed by atoms with Crippen LogP contribution in [0.25, 0.3) is 0 Å². The number of carbonyl (C=O) groups is 2. The predicted octanol–water partition coefficient (Wildman–Crippen LogP) is 2.74. The van der Waals surface area contributed by atoms with Gasteiger partial charge in [-0.25, -0.2) is 0 Å². The molecule has 0 atom stereocenters. The summed E-state index contributed by atoms with van der Waals surface area (Å²) in [7, 11) is 0. The Hall–Kier alpha value is -1.84. The van der Waals surface area contributed by atoms with Gasteiger partial charge in [0.2, 0.25) is 5.91 Å². The largest absolute Gasteiger partial charge is 0.481 e. The minimum Gasteiger partial charge on any atom is -0.481 e. The molecule has 1 aliphatic heterocycles. The average Bonchev–Trinajstić information content (AvgIpc) is 2.48. The number of carboxylic acid groups (broad SMARTS) is 1. The van der Waals surface area contributed by atoms with Crippen molar-refractivity contribution in [2.45, 2.75) is 44.4 Å². The van der Waals surface area contributed by atoms with Gasteiger partial charge in [-0.15, -0.1) is 0 Å². The highest BCUT2D eigenvalue weighted by molar-refractivity contribution is 5.90. The molecule has 4 nitrogen and oxygen atoms in total. The second-order valence-corrected chi connectivity index (χ2v) is 6.66. The number of rotatable bonds is 3. The fraction of sp³-hybridized carbons (Fsp3) is 0.556. The van der Waals surface area contributed by atoms with E-state index in [0.29, 0.717) is 25.9 Å². The molecule has 0 spiro atoms. The van der Waals surface area contributed by atoms with Crippen molar-refractivity contribution >= 4 is 11.9 Å². The maximum absolute atomic E-state index is 13.1. The minimum atomic E-state index is -0.732. The molecule has 1 N–H and O–H groups in total. The normalized spacial score (nSPS) is 21.2. The highest BCUT2D eigenvalue weighted by Crippen LogP contribution is 2.46. The second kappa shape index (κ2) is 5.75. The van der Waals surface area contributed by atoms with E-state index >= 15 is 0 Å². The average molecular weight is 301 g/mol. The fourth-order valence-corrected chi connectivity index (χ4v) is 3.87. The molecule has 2 aliphatic rings. The molecule has 118 valence electrons. The molecule has 0 unspecified atom stereocenters. The lowest BCUT2D eigenvalue weighted by Crippen LogP contribution is -2.53. The summed E-state index contributed by atoms with van der Waals surface area (Å²) in [5.74, 6) is -0.818. The monoisotopic (exact) mass is 301 g/mol. The first-order valence-electron chi connectivity index (χ1n) is 8.13. The molecule has 4 heteroatoms. The molecule has 0 bridgehead atoms. The summed E-state index contributed by atoms with van der Waals surface area (Å²) in [5, 5.41) is 9.09. The van der Waals surface area contributed by atoms with Crippen molar-refractivity contribution in [1.29, 1.82) is 0 Å². The summed E-state index contributed by atoms with van der Waals surface area (Å²) in [6.07, 6.45) is 4.06. The first-order valence-corrected chi connectivity index (χ1v) is 8.13. The van der Waals surface area contributed by atoms with Gasteiger partial charge in [0.05, 0.1) is 11.3 Å². The van der Waals surface area contributed by atoms with E-state index in [9.17, 15) is 9.59 Å². The number of carbonyl (C=O) groups excluding carboxylic acids is 1. The number of amides is 1. The van der Waals surface area contributed by atoms with E-state index in [0.717, 1.165) is 24.8 Å². The van der Waals surface area contributed by atoms with Crippen LogP contribution in [-0.4, -0.2) is 35.0 Å². The van der Waals surface area contributed by atoms with Crippen molar-refractivity contribution in [2.24, 2.45) is 5.92 Å². The Morgan fingerprint density at radius 2 is 1.82 bits per heavy atom. The van der Waals surface area contributed by atoms with Crippen LogP contribution in [-0.2, 0) is 15.0 Å². The third-order valence-electron chi connectivity index (χ3n) is 5.41. The molecule has 0 aromatic heterocycles. The van der Waals surface area contributed by atoms with Gasteiger partial charge in [0.1, 0.15) is 0 Å². The standard InChI is InChI=1S/C18H23NO3/c1-13-5-2-3-6-15(13)18(9-4-10-18)17(22)19-11-7-14(8-12-19)16(20)21/h2-3,5-6,14H,4,7-12H2,1H3,(H,20,21). The van der Waals surface area contributed by atoms with Gasteiger partial charge in [0.15, 0.2) is 0 Å². The minimum absolute atomic E-state index is 0.205. The van der Waals surface area contributed by atoms with Crippen LogP contribution in [0.15, 0.2) is 24.3 Å². The van der Waals surface area contributed by atoms with Crippen molar-refractivity contribution in [3.63, 3.8) is 0 Å². The number of aliphatic carboxylic acids is 1. The zero-order valence-corrected chi connectivity index (χ0v) is 13.0. The fourth-order valence-electron chi connectivity index (χ4n) is 3.87. The van der Waals surface area contributed by atoms with E-state index in [1.807, 2.05) is 17.0 Å². The van der Waals surface area contributed by atoms with Gasteiger partial charge in [0.25, 0.3) is 0 Å². The summed E-state index contributed by atoms with van der Waals surface area (Å²) in [6, 6.07) is 8.16. The zero-order valence-electron chi connectivity index (χ0n) is 13.0. The Balaban J connectivity index is 1.79. The van der Waals surface area contributed by atoms with Crippen LogP contribution >= 0.6 is 0 Å². The third kappa shape index (κ3) is 2.40. The first-order chi connectivity index (χ1) is 10.5. The SMILES string of the molecule is Cc1ccccc1C1(C(=O)N2CCC(C(=O)O)CC2)CCC1. The summed E-state index contributed by atoms with van der Waals surface area (Å²) in [6.45, 7) is 3.21. The van der Waals surface area contributed by atoms with Gasteiger partial charge in [-0.05, 0) is 43.7 Å². The lowest BCUT2D eigenvalue weighted by molar-refractivity contribution is -0.148. The Morgan fingerprint density at radius 3 is 2.32 bits per heavy atom.